The highest BCUT2D eigenvalue weighted by molar-refractivity contribution is 6.14. The number of nitrogens with zero attached hydrogens (tertiary/aromatic N) is 2. The van der Waals surface area contributed by atoms with Crippen molar-refractivity contribution in [2.75, 3.05) is 7.11 Å². The predicted molar refractivity (Wildman–Crippen MR) is 120 cm³/mol. The van der Waals surface area contributed by atoms with E-state index in [2.05, 4.69) is 5.32 Å². The Balaban J connectivity index is 1.68. The van der Waals surface area contributed by atoms with Crippen LogP contribution in [0.2, 0.25) is 0 Å². The van der Waals surface area contributed by atoms with Crippen LogP contribution in [0.15, 0.2) is 60.3 Å². The average molecular weight is 447 g/mol. The van der Waals surface area contributed by atoms with Crippen molar-refractivity contribution in [3.8, 4) is 5.69 Å². The lowest BCUT2D eigenvalue weighted by atomic mass is 10.1. The Morgan fingerprint density at radius 3 is 2.52 bits per heavy atom. The molecule has 4 rings (SSSR count). The molecule has 0 spiro atoms. The second-order valence-electron chi connectivity index (χ2n) is 7.64. The highest BCUT2D eigenvalue weighted by Gasteiger charge is 2.34. The van der Waals surface area contributed by atoms with Crippen molar-refractivity contribution < 1.29 is 23.5 Å². The maximum absolute atomic E-state index is 14.0. The molecule has 0 unspecified atom stereocenters. The fraction of sp³-hybridized carbons (Fsp3) is 0.160. The van der Waals surface area contributed by atoms with E-state index >= 15 is 0 Å². The number of amides is 3. The number of carbonyl (C=O) groups excluding carboxylic acids is 3. The van der Waals surface area contributed by atoms with E-state index in [-0.39, 0.29) is 17.8 Å². The van der Waals surface area contributed by atoms with Gasteiger partial charge in [0.25, 0.3) is 5.91 Å². The summed E-state index contributed by atoms with van der Waals surface area (Å²) in [5, 5.41) is 2.57. The zero-order valence-corrected chi connectivity index (χ0v) is 18.4. The van der Waals surface area contributed by atoms with Gasteiger partial charge in [-0.25, -0.2) is 14.0 Å². The van der Waals surface area contributed by atoms with Gasteiger partial charge in [-0.1, -0.05) is 30.3 Å². The van der Waals surface area contributed by atoms with Crippen LogP contribution in [-0.2, 0) is 16.1 Å². The number of para-hydroxylation sites is 1. The zero-order chi connectivity index (χ0) is 23.7. The molecule has 2 aromatic carbocycles. The molecule has 0 atom stereocenters. The largest absolute Gasteiger partial charge is 0.465 e. The van der Waals surface area contributed by atoms with Gasteiger partial charge in [-0.2, -0.15) is 0 Å². The molecule has 0 bridgehead atoms. The number of nitrogens with one attached hydrogen (secondary N) is 1. The summed E-state index contributed by atoms with van der Waals surface area (Å²) in [5.74, 6) is -1.48. The molecule has 1 aromatic heterocycles. The first-order valence-corrected chi connectivity index (χ1v) is 10.3. The lowest BCUT2D eigenvalue weighted by Gasteiger charge is -2.13. The molecule has 0 saturated carbocycles. The highest BCUT2D eigenvalue weighted by atomic mass is 19.1. The predicted octanol–water partition coefficient (Wildman–Crippen LogP) is 4.11. The third-order valence-corrected chi connectivity index (χ3v) is 5.57. The molecule has 3 amide bonds. The van der Waals surface area contributed by atoms with Crippen LogP contribution in [0.1, 0.15) is 32.9 Å². The third kappa shape index (κ3) is 4.03. The van der Waals surface area contributed by atoms with Gasteiger partial charge >= 0.3 is 12.0 Å². The molecule has 33 heavy (non-hydrogen) atoms. The van der Waals surface area contributed by atoms with E-state index in [0.29, 0.717) is 16.8 Å². The van der Waals surface area contributed by atoms with Crippen molar-refractivity contribution in [3.05, 3.63) is 94.2 Å². The number of hydrogen-bond acceptors (Lipinski definition) is 4. The van der Waals surface area contributed by atoms with Crippen LogP contribution in [0.4, 0.5) is 9.18 Å². The number of urea groups is 1. The lowest BCUT2D eigenvalue weighted by molar-refractivity contribution is -0.123. The molecule has 7 nitrogen and oxygen atoms in total. The molecule has 1 aliphatic heterocycles. The summed E-state index contributed by atoms with van der Waals surface area (Å²) in [6.07, 6.45) is 1.58. The third-order valence-electron chi connectivity index (χ3n) is 5.57. The maximum atomic E-state index is 14.0. The average Bonchev–Trinajstić information content (AvgIpc) is 3.23. The molecule has 3 aromatic rings. The first-order valence-electron chi connectivity index (χ1n) is 10.3. The lowest BCUT2D eigenvalue weighted by Crippen LogP contribution is -2.30. The van der Waals surface area contributed by atoms with Gasteiger partial charge in [-0.3, -0.25) is 9.69 Å². The monoisotopic (exact) mass is 447 g/mol. The van der Waals surface area contributed by atoms with Gasteiger partial charge < -0.3 is 14.6 Å². The number of rotatable bonds is 5. The maximum Gasteiger partial charge on any atom is 0.339 e. The van der Waals surface area contributed by atoms with Crippen LogP contribution < -0.4 is 5.32 Å². The van der Waals surface area contributed by atoms with Crippen molar-refractivity contribution in [2.24, 2.45) is 0 Å². The van der Waals surface area contributed by atoms with Crippen molar-refractivity contribution in [2.45, 2.75) is 20.4 Å². The SMILES string of the molecule is COC(=O)c1ccccc1-n1c(C)cc(C=C2NC(=O)N(Cc3ccccc3F)C2=O)c1C. The molecule has 0 radical (unpaired) electrons. The van der Waals surface area contributed by atoms with Crippen molar-refractivity contribution >= 4 is 24.0 Å². The van der Waals surface area contributed by atoms with Gasteiger partial charge in [0.1, 0.15) is 11.5 Å². The summed E-state index contributed by atoms with van der Waals surface area (Å²) in [5.41, 5.74) is 3.69. The van der Waals surface area contributed by atoms with Crippen molar-refractivity contribution in [1.82, 2.24) is 14.8 Å². The molecule has 8 heteroatoms. The molecular weight excluding hydrogens is 425 g/mol. The number of imide groups is 1. The topological polar surface area (TPSA) is 80.6 Å². The van der Waals surface area contributed by atoms with E-state index < -0.39 is 23.7 Å². The van der Waals surface area contributed by atoms with Crippen LogP contribution in [0.3, 0.4) is 0 Å². The number of esters is 1. The molecule has 0 aliphatic carbocycles. The zero-order valence-electron chi connectivity index (χ0n) is 18.4. The Bertz CT molecular complexity index is 1310. The van der Waals surface area contributed by atoms with Gasteiger partial charge in [0.05, 0.1) is 24.9 Å². The molecule has 1 aliphatic rings. The first-order chi connectivity index (χ1) is 15.8. The van der Waals surface area contributed by atoms with E-state index in [1.807, 2.05) is 36.6 Å². The smallest absolute Gasteiger partial charge is 0.339 e. The normalized spacial score (nSPS) is 14.7. The Hall–Kier alpha value is -4.20. The molecule has 1 fully saturated rings. The number of halogens is 1. The molecular formula is C25H22FN3O4. The summed E-state index contributed by atoms with van der Waals surface area (Å²) < 4.78 is 20.8. The summed E-state index contributed by atoms with van der Waals surface area (Å²) in [4.78, 5) is 38.5. The Morgan fingerprint density at radius 1 is 1.09 bits per heavy atom. The highest BCUT2D eigenvalue weighted by Crippen LogP contribution is 2.26. The number of aromatic nitrogens is 1. The van der Waals surface area contributed by atoms with Gasteiger partial charge in [0, 0.05) is 17.0 Å². The standard InChI is InChI=1S/C25H22FN3O4/c1-15-12-18(16(2)29(15)22-11-7-5-9-19(22)24(31)33-3)13-21-23(30)28(25(32)27-21)14-17-8-4-6-10-20(17)26/h4-13H,14H2,1-3H3,(H,27,32). The van der Waals surface area contributed by atoms with E-state index in [1.54, 1.807) is 30.3 Å². The van der Waals surface area contributed by atoms with E-state index in [9.17, 15) is 18.8 Å². The minimum absolute atomic E-state index is 0.0952. The Kier molecular flexibility index (Phi) is 5.83. The fourth-order valence-electron chi connectivity index (χ4n) is 3.92. The minimum Gasteiger partial charge on any atom is -0.465 e. The van der Waals surface area contributed by atoms with Gasteiger partial charge in [0.2, 0.25) is 0 Å². The number of hydrogen-bond donors (Lipinski definition) is 1. The van der Waals surface area contributed by atoms with Crippen LogP contribution in [0.5, 0.6) is 0 Å². The molecule has 168 valence electrons. The fourth-order valence-corrected chi connectivity index (χ4v) is 3.92. The van der Waals surface area contributed by atoms with Crippen LogP contribution in [-0.4, -0.2) is 34.5 Å². The van der Waals surface area contributed by atoms with Gasteiger partial charge in [0.15, 0.2) is 0 Å². The van der Waals surface area contributed by atoms with Crippen molar-refractivity contribution in [1.29, 1.82) is 0 Å². The summed E-state index contributed by atoms with van der Waals surface area (Å²) in [6.45, 7) is 3.56. The Labute approximate surface area is 190 Å². The second-order valence-corrected chi connectivity index (χ2v) is 7.64. The van der Waals surface area contributed by atoms with Crippen LogP contribution in [0.25, 0.3) is 11.8 Å². The van der Waals surface area contributed by atoms with E-state index in [1.165, 1.54) is 19.2 Å². The number of methoxy groups -OCH3 is 1. The van der Waals surface area contributed by atoms with E-state index in [4.69, 9.17) is 4.74 Å². The molecule has 1 N–H and O–H groups in total. The van der Waals surface area contributed by atoms with Gasteiger partial charge in [-0.05, 0) is 49.8 Å². The van der Waals surface area contributed by atoms with E-state index in [0.717, 1.165) is 16.3 Å². The second kappa shape index (κ2) is 8.74. The number of ether oxygens (including phenoxy) is 1. The Morgan fingerprint density at radius 2 is 1.79 bits per heavy atom. The van der Waals surface area contributed by atoms with Crippen LogP contribution >= 0.6 is 0 Å². The van der Waals surface area contributed by atoms with Crippen LogP contribution in [0, 0.1) is 19.7 Å². The summed E-state index contributed by atoms with van der Waals surface area (Å²) >= 11 is 0. The minimum atomic E-state index is -0.612. The summed E-state index contributed by atoms with van der Waals surface area (Å²) in [6, 6.07) is 14.3. The quantitative estimate of drug-likeness (QED) is 0.363. The number of aryl methyl sites for hydroxylation is 1. The number of carbonyl (C=O) groups is 3. The van der Waals surface area contributed by atoms with Crippen molar-refractivity contribution in [3.63, 3.8) is 0 Å². The number of benzene rings is 2. The van der Waals surface area contributed by atoms with Gasteiger partial charge in [-0.15, -0.1) is 0 Å². The first kappa shape index (κ1) is 22.0. The summed E-state index contributed by atoms with van der Waals surface area (Å²) in [7, 11) is 1.33. The molecule has 1 saturated heterocycles. The molecule has 2 heterocycles.